The smallest absolute Gasteiger partial charge is 0.270 e. The molecule has 5 heteroatoms. The number of hydrogen-bond donors (Lipinski definition) is 2. The molecular weight excluding hydrogens is 324 g/mol. The number of benzene rings is 1. The van der Waals surface area contributed by atoms with Crippen molar-refractivity contribution < 1.29 is 9.90 Å². The first-order valence-electron chi connectivity index (χ1n) is 8.07. The van der Waals surface area contributed by atoms with Crippen molar-refractivity contribution in [2.75, 3.05) is 6.54 Å². The molecule has 128 valence electrons. The van der Waals surface area contributed by atoms with Crippen LogP contribution < -0.4 is 5.32 Å². The van der Waals surface area contributed by atoms with Crippen LogP contribution in [0.1, 0.15) is 59.6 Å². The highest BCUT2D eigenvalue weighted by atomic mass is 35.5. The number of aromatic nitrogens is 1. The third-order valence-corrected chi connectivity index (χ3v) is 4.14. The van der Waals surface area contributed by atoms with Crippen LogP contribution in [0, 0.1) is 6.92 Å². The summed E-state index contributed by atoms with van der Waals surface area (Å²) < 4.78 is 0. The van der Waals surface area contributed by atoms with Gasteiger partial charge in [-0.15, -0.1) is 0 Å². The second-order valence-electron chi connectivity index (χ2n) is 6.17. The van der Waals surface area contributed by atoms with Crippen LogP contribution in [0.15, 0.2) is 36.4 Å². The number of carbonyl (C=O) groups excluding carboxylic acids is 1. The third-order valence-electron chi connectivity index (χ3n) is 3.88. The Kier molecular flexibility index (Phi) is 6.35. The number of pyridine rings is 1. The largest absolute Gasteiger partial charge is 0.388 e. The molecule has 2 rings (SSSR count). The van der Waals surface area contributed by atoms with Gasteiger partial charge in [0.2, 0.25) is 0 Å². The molecule has 2 N–H and O–H groups in total. The summed E-state index contributed by atoms with van der Waals surface area (Å²) in [6.45, 7) is 6.33. The van der Waals surface area contributed by atoms with Gasteiger partial charge in [-0.2, -0.15) is 0 Å². The van der Waals surface area contributed by atoms with E-state index in [0.717, 1.165) is 16.8 Å². The zero-order chi connectivity index (χ0) is 17.7. The van der Waals surface area contributed by atoms with E-state index in [-0.39, 0.29) is 11.8 Å². The molecule has 0 bridgehead atoms. The first-order chi connectivity index (χ1) is 11.4. The molecule has 0 radical (unpaired) electrons. The minimum atomic E-state index is -0.640. The van der Waals surface area contributed by atoms with Crippen LogP contribution in [0.2, 0.25) is 5.02 Å². The molecule has 4 nitrogen and oxygen atoms in total. The summed E-state index contributed by atoms with van der Waals surface area (Å²) in [6.07, 6.45) is -0.213. The lowest BCUT2D eigenvalue weighted by Crippen LogP contribution is -2.27. The van der Waals surface area contributed by atoms with Crippen molar-refractivity contribution >= 4 is 17.5 Å². The van der Waals surface area contributed by atoms with E-state index in [2.05, 4.69) is 10.3 Å². The summed E-state index contributed by atoms with van der Waals surface area (Å²) in [7, 11) is 0. The quantitative estimate of drug-likeness (QED) is 0.830. The standard InChI is InChI=1S/C19H23ClN2O2/c1-12(2)16-9-4-13(3)18(22-16)19(24)21-11-10-17(23)14-5-7-15(20)8-6-14/h4-9,12,17,23H,10-11H2,1-3H3,(H,21,24)/t17-/m1/s1. The Hall–Kier alpha value is -1.91. The van der Waals surface area contributed by atoms with Gasteiger partial charge >= 0.3 is 0 Å². The van der Waals surface area contributed by atoms with Crippen LogP contribution >= 0.6 is 11.6 Å². The molecule has 2 aromatic rings. The fourth-order valence-corrected chi connectivity index (χ4v) is 2.48. The molecule has 0 saturated heterocycles. The fraction of sp³-hybridized carbons (Fsp3) is 0.368. The molecule has 1 aromatic heterocycles. The normalized spacial score (nSPS) is 12.2. The van der Waals surface area contributed by atoms with Gasteiger partial charge in [0.05, 0.1) is 6.10 Å². The van der Waals surface area contributed by atoms with Crippen molar-refractivity contribution in [3.05, 3.63) is 63.9 Å². The minimum absolute atomic E-state index is 0.210. The molecule has 24 heavy (non-hydrogen) atoms. The maximum atomic E-state index is 12.3. The molecule has 0 unspecified atom stereocenters. The Balaban J connectivity index is 1.93. The van der Waals surface area contributed by atoms with Crippen molar-refractivity contribution in [2.24, 2.45) is 0 Å². The number of nitrogens with zero attached hydrogens (tertiary/aromatic N) is 1. The predicted molar refractivity (Wildman–Crippen MR) is 96.4 cm³/mol. The average Bonchev–Trinajstić information content (AvgIpc) is 2.55. The molecule has 1 atom stereocenters. The van der Waals surface area contributed by atoms with Gasteiger partial charge < -0.3 is 10.4 Å². The second-order valence-corrected chi connectivity index (χ2v) is 6.60. The van der Waals surface area contributed by atoms with E-state index in [1.165, 1.54) is 0 Å². The van der Waals surface area contributed by atoms with Crippen molar-refractivity contribution in [3.63, 3.8) is 0 Å². The minimum Gasteiger partial charge on any atom is -0.388 e. The molecule has 0 saturated carbocycles. The fourth-order valence-electron chi connectivity index (χ4n) is 2.35. The summed E-state index contributed by atoms with van der Waals surface area (Å²) in [5.41, 5.74) is 2.97. The number of amides is 1. The number of rotatable bonds is 6. The van der Waals surface area contributed by atoms with E-state index < -0.39 is 6.10 Å². The highest BCUT2D eigenvalue weighted by Crippen LogP contribution is 2.19. The van der Waals surface area contributed by atoms with Crippen LogP contribution in [0.3, 0.4) is 0 Å². The summed E-state index contributed by atoms with van der Waals surface area (Å²) in [5.74, 6) is 0.0576. The summed E-state index contributed by atoms with van der Waals surface area (Å²) >= 11 is 5.83. The van der Waals surface area contributed by atoms with Gasteiger partial charge in [0.15, 0.2) is 0 Å². The SMILES string of the molecule is Cc1ccc(C(C)C)nc1C(=O)NCC[C@@H](O)c1ccc(Cl)cc1. The number of aliphatic hydroxyl groups is 1. The summed E-state index contributed by atoms with van der Waals surface area (Å²) in [5, 5.41) is 13.6. The van der Waals surface area contributed by atoms with Crippen molar-refractivity contribution in [2.45, 2.75) is 39.2 Å². The topological polar surface area (TPSA) is 62.2 Å². The number of nitrogens with one attached hydrogen (secondary N) is 1. The number of aryl methyl sites for hydroxylation is 1. The van der Waals surface area contributed by atoms with E-state index in [0.29, 0.717) is 23.7 Å². The van der Waals surface area contributed by atoms with Gasteiger partial charge in [-0.05, 0) is 48.6 Å². The van der Waals surface area contributed by atoms with E-state index in [4.69, 9.17) is 11.6 Å². The molecule has 1 aromatic carbocycles. The number of halogens is 1. The Morgan fingerprint density at radius 3 is 2.50 bits per heavy atom. The van der Waals surface area contributed by atoms with E-state index in [9.17, 15) is 9.90 Å². The zero-order valence-electron chi connectivity index (χ0n) is 14.2. The van der Waals surface area contributed by atoms with Crippen LogP contribution in [0.4, 0.5) is 0 Å². The maximum absolute atomic E-state index is 12.3. The van der Waals surface area contributed by atoms with Gasteiger partial charge in [-0.3, -0.25) is 4.79 Å². The van der Waals surface area contributed by atoms with E-state index in [1.807, 2.05) is 32.9 Å². The molecule has 0 aliphatic heterocycles. The number of aliphatic hydroxyl groups excluding tert-OH is 1. The zero-order valence-corrected chi connectivity index (χ0v) is 15.0. The summed E-state index contributed by atoms with van der Waals surface area (Å²) in [6, 6.07) is 10.9. The van der Waals surface area contributed by atoms with Crippen LogP contribution in [0.5, 0.6) is 0 Å². The van der Waals surface area contributed by atoms with Crippen molar-refractivity contribution in [3.8, 4) is 0 Å². The first kappa shape index (κ1) is 18.4. The second kappa shape index (κ2) is 8.27. The predicted octanol–water partition coefficient (Wildman–Crippen LogP) is 4.02. The molecule has 0 spiro atoms. The van der Waals surface area contributed by atoms with Gasteiger partial charge in [0.1, 0.15) is 5.69 Å². The van der Waals surface area contributed by atoms with Gasteiger partial charge in [-0.25, -0.2) is 4.98 Å². The Bertz CT molecular complexity index is 699. The van der Waals surface area contributed by atoms with Crippen LogP contribution in [-0.2, 0) is 0 Å². The van der Waals surface area contributed by atoms with Gasteiger partial charge in [-0.1, -0.05) is 43.6 Å². The highest BCUT2D eigenvalue weighted by Gasteiger charge is 2.14. The molecular formula is C19H23ClN2O2. The molecule has 0 aliphatic rings. The Labute approximate surface area is 147 Å². The van der Waals surface area contributed by atoms with Crippen molar-refractivity contribution in [1.82, 2.24) is 10.3 Å². The molecule has 0 aliphatic carbocycles. The first-order valence-corrected chi connectivity index (χ1v) is 8.45. The lowest BCUT2D eigenvalue weighted by Gasteiger charge is -2.13. The van der Waals surface area contributed by atoms with Crippen molar-refractivity contribution in [1.29, 1.82) is 0 Å². The third kappa shape index (κ3) is 4.79. The Morgan fingerprint density at radius 2 is 1.88 bits per heavy atom. The number of carbonyl (C=O) groups is 1. The monoisotopic (exact) mass is 346 g/mol. The average molecular weight is 347 g/mol. The molecule has 0 fully saturated rings. The lowest BCUT2D eigenvalue weighted by atomic mass is 10.1. The van der Waals surface area contributed by atoms with Gasteiger partial charge in [0, 0.05) is 17.3 Å². The van der Waals surface area contributed by atoms with Crippen LogP contribution in [-0.4, -0.2) is 22.5 Å². The van der Waals surface area contributed by atoms with Crippen LogP contribution in [0.25, 0.3) is 0 Å². The van der Waals surface area contributed by atoms with E-state index in [1.54, 1.807) is 24.3 Å². The molecule has 1 amide bonds. The summed E-state index contributed by atoms with van der Waals surface area (Å²) in [4.78, 5) is 16.8. The van der Waals surface area contributed by atoms with E-state index >= 15 is 0 Å². The Morgan fingerprint density at radius 1 is 1.21 bits per heavy atom. The van der Waals surface area contributed by atoms with Gasteiger partial charge in [0.25, 0.3) is 5.91 Å². The highest BCUT2D eigenvalue weighted by molar-refractivity contribution is 6.30. The number of hydrogen-bond acceptors (Lipinski definition) is 3. The lowest BCUT2D eigenvalue weighted by molar-refractivity contribution is 0.0936. The maximum Gasteiger partial charge on any atom is 0.270 e. The molecule has 1 heterocycles.